The van der Waals surface area contributed by atoms with Crippen LogP contribution in [0.4, 0.5) is 0 Å². The fourth-order valence-electron chi connectivity index (χ4n) is 3.45. The Morgan fingerprint density at radius 3 is 2.65 bits per heavy atom. The van der Waals surface area contributed by atoms with Gasteiger partial charge < -0.3 is 15.0 Å². The summed E-state index contributed by atoms with van der Waals surface area (Å²) in [6.45, 7) is 5.10. The quantitative estimate of drug-likeness (QED) is 0.841. The van der Waals surface area contributed by atoms with Crippen molar-refractivity contribution < 1.29 is 14.3 Å². The second-order valence-electron chi connectivity index (χ2n) is 6.67. The van der Waals surface area contributed by atoms with Crippen LogP contribution in [0, 0.1) is 5.92 Å². The van der Waals surface area contributed by atoms with Crippen LogP contribution in [0.25, 0.3) is 0 Å². The molecule has 2 aliphatic heterocycles. The summed E-state index contributed by atoms with van der Waals surface area (Å²) in [5.41, 5.74) is -0.697. The van der Waals surface area contributed by atoms with E-state index in [1.54, 1.807) is 0 Å². The minimum Gasteiger partial charge on any atom is -0.373 e. The highest BCUT2D eigenvalue weighted by Crippen LogP contribution is 2.41. The molecule has 2 heterocycles. The van der Waals surface area contributed by atoms with E-state index in [1.807, 2.05) is 11.8 Å². The topological polar surface area (TPSA) is 58.6 Å². The van der Waals surface area contributed by atoms with Gasteiger partial charge in [-0.1, -0.05) is 0 Å². The van der Waals surface area contributed by atoms with Crippen molar-refractivity contribution in [2.75, 3.05) is 13.1 Å². The van der Waals surface area contributed by atoms with Crippen LogP contribution in [0.2, 0.25) is 0 Å². The largest absolute Gasteiger partial charge is 0.373 e. The third-order valence-corrected chi connectivity index (χ3v) is 4.88. The molecule has 5 nitrogen and oxygen atoms in total. The molecule has 2 amide bonds. The highest BCUT2D eigenvalue weighted by molar-refractivity contribution is 5.93. The lowest BCUT2D eigenvalue weighted by atomic mass is 9.94. The summed E-state index contributed by atoms with van der Waals surface area (Å²) in [7, 11) is 0. The van der Waals surface area contributed by atoms with Crippen LogP contribution in [-0.4, -0.2) is 47.6 Å². The van der Waals surface area contributed by atoms with Crippen LogP contribution in [0.5, 0.6) is 0 Å². The highest BCUT2D eigenvalue weighted by Gasteiger charge is 2.51. The maximum absolute atomic E-state index is 12.8. The molecule has 20 heavy (non-hydrogen) atoms. The van der Waals surface area contributed by atoms with Gasteiger partial charge in [0.25, 0.3) is 0 Å². The van der Waals surface area contributed by atoms with Gasteiger partial charge in [-0.3, -0.25) is 9.59 Å². The van der Waals surface area contributed by atoms with Gasteiger partial charge in [-0.25, -0.2) is 0 Å². The zero-order valence-corrected chi connectivity index (χ0v) is 12.4. The number of hydrogen-bond acceptors (Lipinski definition) is 3. The van der Waals surface area contributed by atoms with E-state index >= 15 is 0 Å². The molecule has 2 saturated heterocycles. The van der Waals surface area contributed by atoms with Gasteiger partial charge in [-0.15, -0.1) is 0 Å². The summed E-state index contributed by atoms with van der Waals surface area (Å²) < 4.78 is 5.83. The van der Waals surface area contributed by atoms with E-state index in [0.29, 0.717) is 25.4 Å². The number of nitrogens with zero attached hydrogens (tertiary/aromatic N) is 1. The van der Waals surface area contributed by atoms with Crippen molar-refractivity contribution in [3.8, 4) is 0 Å². The molecule has 1 aliphatic carbocycles. The van der Waals surface area contributed by atoms with Crippen molar-refractivity contribution in [3.05, 3.63) is 0 Å². The Morgan fingerprint density at radius 1 is 1.30 bits per heavy atom. The van der Waals surface area contributed by atoms with Crippen molar-refractivity contribution in [2.24, 2.45) is 5.92 Å². The van der Waals surface area contributed by atoms with Gasteiger partial charge in [0.05, 0.1) is 12.2 Å². The zero-order valence-electron chi connectivity index (χ0n) is 12.4. The summed E-state index contributed by atoms with van der Waals surface area (Å²) in [6.07, 6.45) is 4.95. The lowest BCUT2D eigenvalue weighted by Crippen LogP contribution is -2.57. The second kappa shape index (κ2) is 5.02. The van der Waals surface area contributed by atoms with Crippen LogP contribution < -0.4 is 5.32 Å². The molecule has 1 saturated carbocycles. The maximum atomic E-state index is 12.8. The third-order valence-electron chi connectivity index (χ3n) is 4.88. The van der Waals surface area contributed by atoms with E-state index in [1.165, 1.54) is 0 Å². The molecule has 1 N–H and O–H groups in total. The third kappa shape index (κ3) is 2.55. The van der Waals surface area contributed by atoms with E-state index in [4.69, 9.17) is 4.74 Å². The van der Waals surface area contributed by atoms with Crippen LogP contribution in [0.3, 0.4) is 0 Å². The Bertz CT molecular complexity index is 421. The van der Waals surface area contributed by atoms with Crippen LogP contribution in [0.15, 0.2) is 0 Å². The number of rotatable bonds is 3. The highest BCUT2D eigenvalue weighted by atomic mass is 16.5. The SMILES string of the molecule is CC1CCC(CN2CCC(=O)NC(C)(C3CC3)C2=O)O1. The molecule has 3 aliphatic rings. The molecule has 3 unspecified atom stereocenters. The van der Waals surface area contributed by atoms with E-state index in [-0.39, 0.29) is 24.0 Å². The van der Waals surface area contributed by atoms with Crippen molar-refractivity contribution in [1.82, 2.24) is 10.2 Å². The molecule has 5 heteroatoms. The Hall–Kier alpha value is -1.10. The van der Waals surface area contributed by atoms with E-state index < -0.39 is 5.54 Å². The van der Waals surface area contributed by atoms with Gasteiger partial charge in [0.15, 0.2) is 0 Å². The molecule has 0 aromatic heterocycles. The molecule has 0 aromatic rings. The van der Waals surface area contributed by atoms with Gasteiger partial charge >= 0.3 is 0 Å². The molecule has 3 rings (SSSR count). The predicted octanol–water partition coefficient (Wildman–Crippen LogP) is 1.07. The van der Waals surface area contributed by atoms with Crippen LogP contribution in [-0.2, 0) is 14.3 Å². The molecule has 0 radical (unpaired) electrons. The summed E-state index contributed by atoms with van der Waals surface area (Å²) in [6, 6.07) is 0. The molecule has 3 fully saturated rings. The predicted molar refractivity (Wildman–Crippen MR) is 74.0 cm³/mol. The van der Waals surface area contributed by atoms with Gasteiger partial charge in [-0.2, -0.15) is 0 Å². The molecule has 112 valence electrons. The van der Waals surface area contributed by atoms with Crippen molar-refractivity contribution in [3.63, 3.8) is 0 Å². The minimum absolute atomic E-state index is 0.00374. The van der Waals surface area contributed by atoms with Gasteiger partial charge in [0.2, 0.25) is 11.8 Å². The second-order valence-corrected chi connectivity index (χ2v) is 6.67. The van der Waals surface area contributed by atoms with Gasteiger partial charge in [-0.05, 0) is 45.4 Å². The molecular formula is C15H24N2O3. The van der Waals surface area contributed by atoms with E-state index in [0.717, 1.165) is 25.7 Å². The Kier molecular flexibility index (Phi) is 3.48. The maximum Gasteiger partial charge on any atom is 0.248 e. The first-order valence-corrected chi connectivity index (χ1v) is 7.75. The average Bonchev–Trinajstić information content (AvgIpc) is 3.18. The molecule has 3 atom stereocenters. The van der Waals surface area contributed by atoms with Crippen LogP contribution >= 0.6 is 0 Å². The van der Waals surface area contributed by atoms with Crippen LogP contribution in [0.1, 0.15) is 46.0 Å². The molecule has 0 bridgehead atoms. The Morgan fingerprint density at radius 2 is 2.05 bits per heavy atom. The summed E-state index contributed by atoms with van der Waals surface area (Å²) in [4.78, 5) is 26.6. The van der Waals surface area contributed by atoms with Gasteiger partial charge in [0, 0.05) is 19.5 Å². The standard InChI is InChI=1S/C15H24N2O3/c1-10-3-6-12(20-10)9-17-8-7-13(18)16-15(2,14(17)19)11-4-5-11/h10-12H,3-9H2,1-2H3,(H,16,18). The van der Waals surface area contributed by atoms with E-state index in [2.05, 4.69) is 12.2 Å². The van der Waals surface area contributed by atoms with E-state index in [9.17, 15) is 9.59 Å². The molecular weight excluding hydrogens is 256 g/mol. The number of nitrogens with one attached hydrogen (secondary N) is 1. The summed E-state index contributed by atoms with van der Waals surface area (Å²) in [5.74, 6) is 0.382. The normalized spacial score (nSPS) is 38.8. The monoisotopic (exact) mass is 280 g/mol. The number of carbonyl (C=O) groups excluding carboxylic acids is 2. The number of amides is 2. The van der Waals surface area contributed by atoms with Crippen molar-refractivity contribution >= 4 is 11.8 Å². The zero-order chi connectivity index (χ0) is 14.3. The lowest BCUT2D eigenvalue weighted by molar-refractivity contribution is -0.140. The molecule has 0 aromatic carbocycles. The van der Waals surface area contributed by atoms with Gasteiger partial charge in [0.1, 0.15) is 5.54 Å². The van der Waals surface area contributed by atoms with Crippen molar-refractivity contribution in [2.45, 2.75) is 63.7 Å². The first kappa shape index (κ1) is 13.9. The number of hydrogen-bond donors (Lipinski definition) is 1. The fraction of sp³-hybridized carbons (Fsp3) is 0.867. The first-order valence-electron chi connectivity index (χ1n) is 7.75. The summed E-state index contributed by atoms with van der Waals surface area (Å²) in [5, 5.41) is 2.96. The lowest BCUT2D eigenvalue weighted by Gasteiger charge is -2.33. The summed E-state index contributed by atoms with van der Waals surface area (Å²) >= 11 is 0. The Balaban J connectivity index is 1.72. The molecule has 0 spiro atoms. The number of ether oxygens (including phenoxy) is 1. The first-order chi connectivity index (χ1) is 9.49. The smallest absolute Gasteiger partial charge is 0.248 e. The fourth-order valence-corrected chi connectivity index (χ4v) is 3.45. The minimum atomic E-state index is -0.697. The Labute approximate surface area is 120 Å². The van der Waals surface area contributed by atoms with Crippen molar-refractivity contribution in [1.29, 1.82) is 0 Å². The number of carbonyl (C=O) groups is 2. The average molecular weight is 280 g/mol.